The Hall–Kier alpha value is -0.860. The number of nitrogens with one attached hydrogen (secondary N) is 1. The molecule has 1 fully saturated rings. The van der Waals surface area contributed by atoms with Crippen molar-refractivity contribution in [2.45, 2.75) is 27.2 Å². The van der Waals surface area contributed by atoms with E-state index in [9.17, 15) is 0 Å². The van der Waals surface area contributed by atoms with Gasteiger partial charge in [-0.1, -0.05) is 32.9 Å². The molecular formula is C19H34IN5. The van der Waals surface area contributed by atoms with E-state index < -0.39 is 0 Å². The van der Waals surface area contributed by atoms with Crippen LogP contribution in [0.1, 0.15) is 26.3 Å². The van der Waals surface area contributed by atoms with Gasteiger partial charge in [0.1, 0.15) is 0 Å². The van der Waals surface area contributed by atoms with E-state index in [0.29, 0.717) is 11.9 Å². The molecule has 0 amide bonds. The summed E-state index contributed by atoms with van der Waals surface area (Å²) in [4.78, 5) is 9.57. The Bertz CT molecular complexity index is 526. The van der Waals surface area contributed by atoms with Crippen LogP contribution < -0.4 is 11.1 Å². The number of nitrogens with two attached hydrogens (primary N) is 1. The molecule has 0 radical (unpaired) electrons. The van der Waals surface area contributed by atoms with Crippen LogP contribution in [0.3, 0.4) is 0 Å². The van der Waals surface area contributed by atoms with Crippen LogP contribution >= 0.6 is 24.0 Å². The summed E-state index contributed by atoms with van der Waals surface area (Å²) in [6.07, 6.45) is 1.02. The molecule has 1 unspecified atom stereocenters. The van der Waals surface area contributed by atoms with Crippen LogP contribution in [-0.2, 0) is 6.42 Å². The highest BCUT2D eigenvalue weighted by atomic mass is 127. The largest absolute Gasteiger partial charge is 0.370 e. The molecule has 0 aromatic heterocycles. The van der Waals surface area contributed by atoms with E-state index in [2.05, 4.69) is 53.0 Å². The Balaban J connectivity index is 0.00000312. The number of aliphatic imine (C=N–C) groups is 1. The van der Waals surface area contributed by atoms with Gasteiger partial charge in [-0.2, -0.15) is 0 Å². The number of hydrogen-bond donors (Lipinski definition) is 2. The first kappa shape index (κ1) is 22.2. The molecule has 1 aliphatic heterocycles. The second-order valence-corrected chi connectivity index (χ2v) is 6.74. The zero-order valence-electron chi connectivity index (χ0n) is 15.9. The van der Waals surface area contributed by atoms with Crippen molar-refractivity contribution in [3.05, 3.63) is 29.8 Å². The summed E-state index contributed by atoms with van der Waals surface area (Å²) in [6.45, 7) is 14.4. The van der Waals surface area contributed by atoms with Gasteiger partial charge in [0.15, 0.2) is 5.96 Å². The minimum atomic E-state index is 0. The van der Waals surface area contributed by atoms with Crippen LogP contribution in [0.15, 0.2) is 29.3 Å². The number of nitrogens with zero attached hydrogens (tertiary/aromatic N) is 3. The predicted octanol–water partition coefficient (Wildman–Crippen LogP) is 2.87. The van der Waals surface area contributed by atoms with Crippen molar-refractivity contribution in [1.29, 1.82) is 0 Å². The molecule has 1 heterocycles. The Morgan fingerprint density at radius 3 is 2.52 bits per heavy atom. The van der Waals surface area contributed by atoms with Crippen molar-refractivity contribution in [1.82, 2.24) is 9.80 Å². The molecule has 1 saturated heterocycles. The van der Waals surface area contributed by atoms with Crippen molar-refractivity contribution in [2.75, 3.05) is 51.1 Å². The topological polar surface area (TPSA) is 56.9 Å². The molecule has 0 spiro atoms. The Kier molecular flexibility index (Phi) is 10.4. The molecule has 5 nitrogen and oxygen atoms in total. The quantitative estimate of drug-likeness (QED) is 0.374. The van der Waals surface area contributed by atoms with Crippen LogP contribution in [0.25, 0.3) is 0 Å². The van der Waals surface area contributed by atoms with Crippen LogP contribution in [0, 0.1) is 5.92 Å². The summed E-state index contributed by atoms with van der Waals surface area (Å²) in [5, 5.41) is 3.20. The summed E-state index contributed by atoms with van der Waals surface area (Å²) in [6, 6.07) is 8.32. The third-order valence-corrected chi connectivity index (χ3v) is 4.66. The summed E-state index contributed by atoms with van der Waals surface area (Å²) in [5.74, 6) is 1.02. The highest BCUT2D eigenvalue weighted by Crippen LogP contribution is 2.11. The highest BCUT2D eigenvalue weighted by Gasteiger charge is 2.17. The SMILES string of the molecule is CCc1cccc(NC(N)=NCC(C)CN2CCN(CC)CC2)c1.I. The molecule has 1 aliphatic rings. The van der Waals surface area contributed by atoms with Crippen LogP contribution in [-0.4, -0.2) is 61.6 Å². The van der Waals surface area contributed by atoms with Crippen molar-refractivity contribution >= 4 is 35.6 Å². The summed E-state index contributed by atoms with van der Waals surface area (Å²) < 4.78 is 0. The lowest BCUT2D eigenvalue weighted by Crippen LogP contribution is -2.47. The van der Waals surface area contributed by atoms with Crippen LogP contribution in [0.4, 0.5) is 5.69 Å². The van der Waals surface area contributed by atoms with Crippen molar-refractivity contribution in [2.24, 2.45) is 16.6 Å². The van der Waals surface area contributed by atoms with E-state index in [-0.39, 0.29) is 24.0 Å². The van der Waals surface area contributed by atoms with Gasteiger partial charge in [-0.15, -0.1) is 24.0 Å². The zero-order chi connectivity index (χ0) is 17.4. The summed E-state index contributed by atoms with van der Waals surface area (Å²) in [7, 11) is 0. The lowest BCUT2D eigenvalue weighted by atomic mass is 10.1. The lowest BCUT2D eigenvalue weighted by molar-refractivity contribution is 0.125. The van der Waals surface area contributed by atoms with Gasteiger partial charge in [0.25, 0.3) is 0 Å². The minimum Gasteiger partial charge on any atom is -0.370 e. The van der Waals surface area contributed by atoms with Crippen molar-refractivity contribution in [3.8, 4) is 0 Å². The average molecular weight is 459 g/mol. The van der Waals surface area contributed by atoms with E-state index >= 15 is 0 Å². The maximum Gasteiger partial charge on any atom is 0.193 e. The smallest absolute Gasteiger partial charge is 0.193 e. The van der Waals surface area contributed by atoms with Gasteiger partial charge in [-0.25, -0.2) is 0 Å². The van der Waals surface area contributed by atoms with Gasteiger partial charge in [0, 0.05) is 45.0 Å². The molecular weight excluding hydrogens is 425 g/mol. The van der Waals surface area contributed by atoms with Gasteiger partial charge in [-0.3, -0.25) is 4.99 Å². The summed E-state index contributed by atoms with van der Waals surface area (Å²) in [5.41, 5.74) is 8.34. The van der Waals surface area contributed by atoms with Crippen LogP contribution in [0.2, 0.25) is 0 Å². The molecule has 0 bridgehead atoms. The molecule has 2 rings (SSSR count). The monoisotopic (exact) mass is 459 g/mol. The van der Waals surface area contributed by atoms with Crippen molar-refractivity contribution < 1.29 is 0 Å². The number of benzene rings is 1. The minimum absolute atomic E-state index is 0. The first-order chi connectivity index (χ1) is 11.6. The number of hydrogen-bond acceptors (Lipinski definition) is 3. The van der Waals surface area contributed by atoms with E-state index in [1.165, 1.54) is 31.7 Å². The van der Waals surface area contributed by atoms with E-state index in [1.807, 2.05) is 12.1 Å². The van der Waals surface area contributed by atoms with Gasteiger partial charge >= 0.3 is 0 Å². The molecule has 25 heavy (non-hydrogen) atoms. The van der Waals surface area contributed by atoms with E-state index in [1.54, 1.807) is 0 Å². The maximum absolute atomic E-state index is 6.03. The molecule has 6 heteroatoms. The second-order valence-electron chi connectivity index (χ2n) is 6.74. The molecule has 0 aliphatic carbocycles. The fraction of sp³-hybridized carbons (Fsp3) is 0.632. The fourth-order valence-corrected chi connectivity index (χ4v) is 3.10. The number of aryl methyl sites for hydroxylation is 1. The summed E-state index contributed by atoms with van der Waals surface area (Å²) >= 11 is 0. The number of rotatable bonds is 7. The van der Waals surface area contributed by atoms with Gasteiger partial charge in [0.05, 0.1) is 0 Å². The normalized spacial score (nSPS) is 17.8. The standard InChI is InChI=1S/C19H33N5.HI/c1-4-17-7-6-8-18(13-17)22-19(20)21-14-16(3)15-24-11-9-23(5-2)10-12-24;/h6-8,13,16H,4-5,9-12,14-15H2,1-3H3,(H3,20,21,22);1H. The third kappa shape index (κ3) is 7.92. The zero-order valence-corrected chi connectivity index (χ0v) is 18.2. The lowest BCUT2D eigenvalue weighted by Gasteiger charge is -2.35. The molecule has 1 aromatic rings. The van der Waals surface area contributed by atoms with Crippen LogP contribution in [0.5, 0.6) is 0 Å². The Labute approximate surface area is 170 Å². The molecule has 3 N–H and O–H groups in total. The first-order valence-electron chi connectivity index (χ1n) is 9.21. The third-order valence-electron chi connectivity index (χ3n) is 4.66. The first-order valence-corrected chi connectivity index (χ1v) is 9.21. The average Bonchev–Trinajstić information content (AvgIpc) is 2.61. The molecule has 142 valence electrons. The molecule has 1 aromatic carbocycles. The molecule has 0 saturated carbocycles. The van der Waals surface area contributed by atoms with Crippen molar-refractivity contribution in [3.63, 3.8) is 0 Å². The number of piperazine rings is 1. The fourth-order valence-electron chi connectivity index (χ4n) is 3.10. The van der Waals surface area contributed by atoms with E-state index in [4.69, 9.17) is 5.73 Å². The second kappa shape index (κ2) is 11.7. The Morgan fingerprint density at radius 1 is 1.20 bits per heavy atom. The number of guanidine groups is 1. The Morgan fingerprint density at radius 2 is 1.88 bits per heavy atom. The maximum atomic E-state index is 6.03. The van der Waals surface area contributed by atoms with Gasteiger partial charge < -0.3 is 20.9 Å². The van der Waals surface area contributed by atoms with Gasteiger partial charge in [0.2, 0.25) is 0 Å². The number of anilines is 1. The van der Waals surface area contributed by atoms with E-state index in [0.717, 1.165) is 31.7 Å². The highest BCUT2D eigenvalue weighted by molar-refractivity contribution is 14.0. The number of likely N-dealkylation sites (N-methyl/N-ethyl adjacent to an activating group) is 1. The number of halogens is 1. The predicted molar refractivity (Wildman–Crippen MR) is 119 cm³/mol. The molecule has 1 atom stereocenters. The van der Waals surface area contributed by atoms with Gasteiger partial charge in [-0.05, 0) is 36.6 Å².